The predicted molar refractivity (Wildman–Crippen MR) is 105 cm³/mol. The lowest BCUT2D eigenvalue weighted by atomic mass is 10.0. The maximum atomic E-state index is 5.23. The van der Waals surface area contributed by atoms with E-state index in [1.54, 1.807) is 7.11 Å². The third-order valence-corrected chi connectivity index (χ3v) is 4.47. The molecule has 0 N–H and O–H groups in total. The van der Waals surface area contributed by atoms with Crippen molar-refractivity contribution >= 4 is 34.5 Å². The first-order valence-electron chi connectivity index (χ1n) is 7.30. The van der Waals surface area contributed by atoms with E-state index in [-0.39, 0.29) is 0 Å². The maximum absolute atomic E-state index is 5.23. The molecule has 0 saturated carbocycles. The molecular formula is C20H16INO. The Bertz CT molecular complexity index is 825. The van der Waals surface area contributed by atoms with Gasteiger partial charge < -0.3 is 4.74 Å². The molecule has 114 valence electrons. The smallest absolute Gasteiger partial charge is 0.118 e. The van der Waals surface area contributed by atoms with Gasteiger partial charge in [-0.3, -0.25) is 4.99 Å². The highest BCUT2D eigenvalue weighted by Gasteiger charge is 2.03. The van der Waals surface area contributed by atoms with Crippen molar-refractivity contribution in [1.82, 2.24) is 0 Å². The van der Waals surface area contributed by atoms with E-state index < -0.39 is 0 Å². The number of aliphatic imine (C=N–C) groups is 1. The first kappa shape index (κ1) is 15.7. The summed E-state index contributed by atoms with van der Waals surface area (Å²) in [7, 11) is 1.68. The number of halogens is 1. The fraction of sp³-hybridized carbons (Fsp3) is 0.0500. The van der Waals surface area contributed by atoms with Crippen molar-refractivity contribution in [2.45, 2.75) is 0 Å². The Hall–Kier alpha value is -2.14. The Morgan fingerprint density at radius 2 is 1.57 bits per heavy atom. The Morgan fingerprint density at radius 3 is 2.30 bits per heavy atom. The standard InChI is InChI=1S/C20H16INO/c1-23-17-12-10-15(11-13-17)18-7-3-2-6-16(18)14-22-20-9-5-4-8-19(20)21/h2-14H,1H3. The number of benzene rings is 3. The molecule has 3 aromatic carbocycles. The van der Waals surface area contributed by atoms with Gasteiger partial charge in [-0.2, -0.15) is 0 Å². The van der Waals surface area contributed by atoms with Gasteiger partial charge in [-0.1, -0.05) is 48.5 Å². The van der Waals surface area contributed by atoms with Crippen LogP contribution in [0.3, 0.4) is 0 Å². The summed E-state index contributed by atoms with van der Waals surface area (Å²) in [5, 5.41) is 0. The number of para-hydroxylation sites is 1. The van der Waals surface area contributed by atoms with Gasteiger partial charge in [0.1, 0.15) is 5.75 Å². The molecule has 3 heteroatoms. The van der Waals surface area contributed by atoms with Gasteiger partial charge in [-0.15, -0.1) is 0 Å². The molecule has 0 amide bonds. The first-order chi connectivity index (χ1) is 11.3. The van der Waals surface area contributed by atoms with E-state index in [0.717, 1.165) is 31.7 Å². The monoisotopic (exact) mass is 413 g/mol. The number of hydrogen-bond acceptors (Lipinski definition) is 2. The summed E-state index contributed by atoms with van der Waals surface area (Å²) in [5.74, 6) is 0.860. The van der Waals surface area contributed by atoms with Crippen molar-refractivity contribution in [1.29, 1.82) is 0 Å². The van der Waals surface area contributed by atoms with Gasteiger partial charge in [0.25, 0.3) is 0 Å². The molecular weight excluding hydrogens is 397 g/mol. The van der Waals surface area contributed by atoms with Crippen LogP contribution in [-0.4, -0.2) is 13.3 Å². The number of ether oxygens (including phenoxy) is 1. The second-order valence-electron chi connectivity index (χ2n) is 5.03. The summed E-state index contributed by atoms with van der Waals surface area (Å²) in [6.07, 6.45) is 1.93. The average Bonchev–Trinajstić information content (AvgIpc) is 2.61. The molecule has 0 radical (unpaired) electrons. The maximum Gasteiger partial charge on any atom is 0.118 e. The van der Waals surface area contributed by atoms with Crippen LogP contribution in [0, 0.1) is 3.57 Å². The van der Waals surface area contributed by atoms with Crippen molar-refractivity contribution in [3.8, 4) is 16.9 Å². The fourth-order valence-electron chi connectivity index (χ4n) is 2.34. The molecule has 0 fully saturated rings. The van der Waals surface area contributed by atoms with Crippen LogP contribution in [-0.2, 0) is 0 Å². The van der Waals surface area contributed by atoms with Crippen molar-refractivity contribution < 1.29 is 4.74 Å². The largest absolute Gasteiger partial charge is 0.497 e. The molecule has 0 saturated heterocycles. The Morgan fingerprint density at radius 1 is 0.870 bits per heavy atom. The molecule has 0 aliphatic heterocycles. The van der Waals surface area contributed by atoms with Gasteiger partial charge in [0.15, 0.2) is 0 Å². The first-order valence-corrected chi connectivity index (χ1v) is 8.38. The Balaban J connectivity index is 1.96. The molecule has 3 rings (SSSR count). The average molecular weight is 413 g/mol. The second kappa shape index (κ2) is 7.42. The van der Waals surface area contributed by atoms with Crippen LogP contribution in [0.25, 0.3) is 11.1 Å². The normalized spacial score (nSPS) is 10.9. The zero-order valence-electron chi connectivity index (χ0n) is 12.7. The Labute approximate surface area is 150 Å². The van der Waals surface area contributed by atoms with Crippen molar-refractivity contribution in [3.63, 3.8) is 0 Å². The van der Waals surface area contributed by atoms with Crippen LogP contribution < -0.4 is 4.74 Å². The molecule has 0 aliphatic rings. The van der Waals surface area contributed by atoms with E-state index in [2.05, 4.69) is 57.9 Å². The van der Waals surface area contributed by atoms with E-state index >= 15 is 0 Å². The van der Waals surface area contributed by atoms with Crippen molar-refractivity contribution in [2.75, 3.05) is 7.11 Å². The molecule has 0 bridgehead atoms. The van der Waals surface area contributed by atoms with E-state index in [1.165, 1.54) is 0 Å². The van der Waals surface area contributed by atoms with Gasteiger partial charge in [0.2, 0.25) is 0 Å². The van der Waals surface area contributed by atoms with Crippen LogP contribution in [0.1, 0.15) is 5.56 Å². The quantitative estimate of drug-likeness (QED) is 0.396. The summed E-state index contributed by atoms with van der Waals surface area (Å²) in [6, 6.07) is 24.5. The summed E-state index contributed by atoms with van der Waals surface area (Å²) in [4.78, 5) is 4.64. The molecule has 0 aromatic heterocycles. The summed E-state index contributed by atoms with van der Waals surface area (Å²) >= 11 is 2.30. The van der Waals surface area contributed by atoms with Crippen LogP contribution in [0.2, 0.25) is 0 Å². The molecule has 0 atom stereocenters. The highest BCUT2D eigenvalue weighted by atomic mass is 127. The van der Waals surface area contributed by atoms with Gasteiger partial charge in [0, 0.05) is 15.3 Å². The highest BCUT2D eigenvalue weighted by Crippen LogP contribution is 2.26. The van der Waals surface area contributed by atoms with Gasteiger partial charge in [0.05, 0.1) is 12.8 Å². The molecule has 23 heavy (non-hydrogen) atoms. The summed E-state index contributed by atoms with van der Waals surface area (Å²) in [6.45, 7) is 0. The lowest BCUT2D eigenvalue weighted by Gasteiger charge is -2.07. The van der Waals surface area contributed by atoms with Gasteiger partial charge in [-0.05, 0) is 58.0 Å². The van der Waals surface area contributed by atoms with E-state index in [0.29, 0.717) is 0 Å². The van der Waals surface area contributed by atoms with Crippen LogP contribution in [0.4, 0.5) is 5.69 Å². The van der Waals surface area contributed by atoms with Crippen LogP contribution in [0.15, 0.2) is 77.8 Å². The van der Waals surface area contributed by atoms with E-state index in [1.807, 2.05) is 48.7 Å². The van der Waals surface area contributed by atoms with Gasteiger partial charge >= 0.3 is 0 Å². The second-order valence-corrected chi connectivity index (χ2v) is 6.19. The fourth-order valence-corrected chi connectivity index (χ4v) is 2.87. The van der Waals surface area contributed by atoms with Crippen molar-refractivity contribution in [3.05, 3.63) is 81.9 Å². The lowest BCUT2D eigenvalue weighted by molar-refractivity contribution is 0.415. The molecule has 0 heterocycles. The minimum absolute atomic E-state index is 0.860. The lowest BCUT2D eigenvalue weighted by Crippen LogP contribution is -1.89. The molecule has 0 unspecified atom stereocenters. The summed E-state index contributed by atoms with van der Waals surface area (Å²) < 4.78 is 6.37. The zero-order valence-corrected chi connectivity index (χ0v) is 14.9. The number of methoxy groups -OCH3 is 1. The summed E-state index contributed by atoms with van der Waals surface area (Å²) in [5.41, 5.74) is 4.38. The van der Waals surface area contributed by atoms with E-state index in [4.69, 9.17) is 4.74 Å². The topological polar surface area (TPSA) is 21.6 Å². The van der Waals surface area contributed by atoms with Gasteiger partial charge in [-0.25, -0.2) is 0 Å². The van der Waals surface area contributed by atoms with Crippen LogP contribution in [0.5, 0.6) is 5.75 Å². The SMILES string of the molecule is COc1ccc(-c2ccccc2C=Nc2ccccc2I)cc1. The molecule has 2 nitrogen and oxygen atoms in total. The third kappa shape index (κ3) is 3.79. The number of rotatable bonds is 4. The van der Waals surface area contributed by atoms with Crippen molar-refractivity contribution in [2.24, 2.45) is 4.99 Å². The van der Waals surface area contributed by atoms with E-state index in [9.17, 15) is 0 Å². The molecule has 0 spiro atoms. The highest BCUT2D eigenvalue weighted by molar-refractivity contribution is 14.1. The molecule has 0 aliphatic carbocycles. The zero-order chi connectivity index (χ0) is 16.1. The Kier molecular flexibility index (Phi) is 5.08. The minimum Gasteiger partial charge on any atom is -0.497 e. The number of nitrogens with zero attached hydrogens (tertiary/aromatic N) is 1. The minimum atomic E-state index is 0.860. The predicted octanol–water partition coefficient (Wildman–Crippen LogP) is 5.72. The number of hydrogen-bond donors (Lipinski definition) is 0. The van der Waals surface area contributed by atoms with Crippen LogP contribution >= 0.6 is 22.6 Å². The molecule has 3 aromatic rings. The third-order valence-electron chi connectivity index (χ3n) is 3.56.